The van der Waals surface area contributed by atoms with Gasteiger partial charge in [0.1, 0.15) is 6.04 Å². The topological polar surface area (TPSA) is 88.7 Å². The molecule has 0 aliphatic carbocycles. The summed E-state index contributed by atoms with van der Waals surface area (Å²) in [7, 11) is 0. The van der Waals surface area contributed by atoms with Gasteiger partial charge in [0.15, 0.2) is 5.65 Å². The number of fused-ring (bicyclic) bond motifs is 1. The number of nitrogens with one attached hydrogen (secondary N) is 1. The van der Waals surface area contributed by atoms with E-state index in [4.69, 9.17) is 0 Å². The summed E-state index contributed by atoms with van der Waals surface area (Å²) in [6, 6.07) is 12.3. The minimum Gasteiger partial charge on any atom is -0.324 e. The van der Waals surface area contributed by atoms with Crippen molar-refractivity contribution >= 4 is 34.9 Å². The average molecular weight is 440 g/mol. The van der Waals surface area contributed by atoms with Gasteiger partial charge < -0.3 is 10.2 Å². The third kappa shape index (κ3) is 4.36. The molecule has 0 radical (unpaired) electrons. The maximum Gasteiger partial charge on any atom is 0.350 e. The lowest BCUT2D eigenvalue weighted by atomic mass is 10.1. The molecule has 0 saturated carbocycles. The van der Waals surface area contributed by atoms with Gasteiger partial charge in [0.25, 0.3) is 0 Å². The van der Waals surface area contributed by atoms with Crippen LogP contribution in [0.4, 0.5) is 5.69 Å². The predicted molar refractivity (Wildman–Crippen MR) is 121 cm³/mol. The molecule has 0 unspecified atom stereocenters. The molecule has 2 aromatic heterocycles. The fourth-order valence-electron chi connectivity index (χ4n) is 3.55. The third-order valence-corrected chi connectivity index (χ3v) is 6.53. The van der Waals surface area contributed by atoms with Crippen LogP contribution in [-0.2, 0) is 16.1 Å². The van der Waals surface area contributed by atoms with Gasteiger partial charge in [0, 0.05) is 23.6 Å². The molecular weight excluding hydrogens is 414 g/mol. The van der Waals surface area contributed by atoms with E-state index in [9.17, 15) is 14.4 Å². The van der Waals surface area contributed by atoms with Gasteiger partial charge in [-0.1, -0.05) is 32.0 Å². The second-order valence-corrected chi connectivity index (χ2v) is 8.69. The van der Waals surface area contributed by atoms with E-state index in [0.29, 0.717) is 29.5 Å². The number of pyridine rings is 1. The van der Waals surface area contributed by atoms with Gasteiger partial charge in [-0.25, -0.2) is 9.48 Å². The van der Waals surface area contributed by atoms with Crippen LogP contribution in [0.2, 0.25) is 0 Å². The Morgan fingerprint density at radius 1 is 1.26 bits per heavy atom. The number of anilines is 1. The van der Waals surface area contributed by atoms with Crippen molar-refractivity contribution < 1.29 is 9.59 Å². The van der Waals surface area contributed by atoms with Gasteiger partial charge in [0.05, 0.1) is 12.4 Å². The Balaban J connectivity index is 1.48. The highest BCUT2D eigenvalue weighted by Gasteiger charge is 2.36. The summed E-state index contributed by atoms with van der Waals surface area (Å²) in [5, 5.41) is 7.28. The zero-order chi connectivity index (χ0) is 22.0. The molecular formula is C22H25N5O3S. The average Bonchev–Trinajstić information content (AvgIpc) is 3.38. The molecule has 31 heavy (non-hydrogen) atoms. The maximum atomic E-state index is 12.9. The number of nitrogens with zero attached hydrogens (tertiary/aromatic N) is 4. The summed E-state index contributed by atoms with van der Waals surface area (Å²) in [5.74, 6) is 0.861. The maximum absolute atomic E-state index is 12.9. The van der Waals surface area contributed by atoms with Gasteiger partial charge in [-0.2, -0.15) is 0 Å². The van der Waals surface area contributed by atoms with Crippen LogP contribution in [0.25, 0.3) is 5.65 Å². The number of hydrogen-bond donors (Lipinski definition) is 1. The Morgan fingerprint density at radius 2 is 2.10 bits per heavy atom. The molecule has 1 aliphatic heterocycles. The highest BCUT2D eigenvalue weighted by molar-refractivity contribution is 7.99. The van der Waals surface area contributed by atoms with E-state index in [-0.39, 0.29) is 23.4 Å². The normalized spacial score (nSPS) is 17.1. The molecule has 0 bridgehead atoms. The number of rotatable bonds is 6. The molecule has 1 aromatic carbocycles. The van der Waals surface area contributed by atoms with Crippen molar-refractivity contribution in [1.82, 2.24) is 19.1 Å². The number of carbonyl (C=O) groups excluding carboxylic acids is 2. The highest BCUT2D eigenvalue weighted by Crippen LogP contribution is 2.25. The molecule has 1 saturated heterocycles. The summed E-state index contributed by atoms with van der Waals surface area (Å²) in [5.41, 5.74) is 1.85. The van der Waals surface area contributed by atoms with Crippen LogP contribution in [0.5, 0.6) is 0 Å². The van der Waals surface area contributed by atoms with Gasteiger partial charge >= 0.3 is 5.69 Å². The first kappa shape index (κ1) is 21.2. The Morgan fingerprint density at radius 3 is 2.87 bits per heavy atom. The lowest BCUT2D eigenvalue weighted by Gasteiger charge is -2.25. The summed E-state index contributed by atoms with van der Waals surface area (Å²) in [4.78, 5) is 39.7. The summed E-state index contributed by atoms with van der Waals surface area (Å²) in [6.07, 6.45) is 2.43. The van der Waals surface area contributed by atoms with E-state index in [0.717, 1.165) is 12.0 Å². The Labute approximate surface area is 184 Å². The standard InChI is InChI=1S/C22H25N5O3S/c1-3-15(2)21(29)26-14-31-13-18(26)20(28)23-17-8-6-7-16(11-17)12-27-22(30)25-10-5-4-9-19(25)24-27/h4-11,15,18H,3,12-14H2,1-2H3,(H,23,28)/t15-,18+/m1/s1. The second-order valence-electron chi connectivity index (χ2n) is 7.69. The number of benzene rings is 1. The van der Waals surface area contributed by atoms with Crippen LogP contribution in [0, 0.1) is 5.92 Å². The lowest BCUT2D eigenvalue weighted by Crippen LogP contribution is -2.46. The predicted octanol–water partition coefficient (Wildman–Crippen LogP) is 2.43. The molecule has 1 N–H and O–H groups in total. The van der Waals surface area contributed by atoms with Gasteiger partial charge in [-0.15, -0.1) is 16.9 Å². The molecule has 1 fully saturated rings. The molecule has 1 aliphatic rings. The first-order valence-electron chi connectivity index (χ1n) is 10.3. The zero-order valence-electron chi connectivity index (χ0n) is 17.5. The van der Waals surface area contributed by atoms with Crippen molar-refractivity contribution in [2.75, 3.05) is 16.9 Å². The molecule has 9 heteroatoms. The fraction of sp³-hybridized carbons (Fsp3) is 0.364. The number of aromatic nitrogens is 3. The van der Waals surface area contributed by atoms with Gasteiger partial charge in [0.2, 0.25) is 11.8 Å². The van der Waals surface area contributed by atoms with Crippen molar-refractivity contribution in [3.63, 3.8) is 0 Å². The summed E-state index contributed by atoms with van der Waals surface area (Å²) >= 11 is 1.59. The highest BCUT2D eigenvalue weighted by atomic mass is 32.2. The van der Waals surface area contributed by atoms with Crippen molar-refractivity contribution in [3.8, 4) is 0 Å². The Kier molecular flexibility index (Phi) is 6.13. The first-order valence-corrected chi connectivity index (χ1v) is 11.5. The van der Waals surface area contributed by atoms with E-state index in [1.807, 2.05) is 38.1 Å². The van der Waals surface area contributed by atoms with Crippen molar-refractivity contribution in [1.29, 1.82) is 0 Å². The lowest BCUT2D eigenvalue weighted by molar-refractivity contribution is -0.139. The molecule has 3 heterocycles. The number of hydrogen-bond acceptors (Lipinski definition) is 5. The van der Waals surface area contributed by atoms with Crippen LogP contribution in [-0.4, -0.2) is 48.6 Å². The van der Waals surface area contributed by atoms with Gasteiger partial charge in [-0.3, -0.25) is 14.0 Å². The van der Waals surface area contributed by atoms with Crippen LogP contribution in [0.15, 0.2) is 53.5 Å². The quantitative estimate of drug-likeness (QED) is 0.637. The SMILES string of the molecule is CC[C@@H](C)C(=O)N1CSC[C@H]1C(=O)Nc1cccc(Cn2nc3ccccn3c2=O)c1. The van der Waals surface area contributed by atoms with Crippen LogP contribution in [0.3, 0.4) is 0 Å². The van der Waals surface area contributed by atoms with Crippen LogP contribution in [0.1, 0.15) is 25.8 Å². The molecule has 3 aromatic rings. The molecule has 4 rings (SSSR count). The molecule has 2 amide bonds. The van der Waals surface area contributed by atoms with Crippen molar-refractivity contribution in [2.45, 2.75) is 32.9 Å². The van der Waals surface area contributed by atoms with E-state index >= 15 is 0 Å². The Bertz CT molecular complexity index is 1170. The largest absolute Gasteiger partial charge is 0.350 e. The van der Waals surface area contributed by atoms with Crippen molar-refractivity contribution in [2.24, 2.45) is 5.92 Å². The fourth-order valence-corrected chi connectivity index (χ4v) is 4.72. The Hall–Kier alpha value is -3.07. The molecule has 0 spiro atoms. The monoisotopic (exact) mass is 439 g/mol. The molecule has 2 atom stereocenters. The third-order valence-electron chi connectivity index (χ3n) is 5.52. The summed E-state index contributed by atoms with van der Waals surface area (Å²) in [6.45, 7) is 4.16. The minimum atomic E-state index is -0.476. The first-order chi connectivity index (χ1) is 15.0. The number of thioether (sulfide) groups is 1. The second kappa shape index (κ2) is 8.97. The van der Waals surface area contributed by atoms with Crippen LogP contribution < -0.4 is 11.0 Å². The molecule has 8 nitrogen and oxygen atoms in total. The van der Waals surface area contributed by atoms with Crippen LogP contribution >= 0.6 is 11.8 Å². The van der Waals surface area contributed by atoms with E-state index in [1.165, 1.54) is 9.08 Å². The van der Waals surface area contributed by atoms with Gasteiger partial charge in [-0.05, 0) is 36.2 Å². The summed E-state index contributed by atoms with van der Waals surface area (Å²) < 4.78 is 2.89. The number of amides is 2. The van der Waals surface area contributed by atoms with E-state index < -0.39 is 6.04 Å². The minimum absolute atomic E-state index is 0.0209. The number of carbonyl (C=O) groups is 2. The smallest absolute Gasteiger partial charge is 0.324 e. The van der Waals surface area contributed by atoms with Crippen molar-refractivity contribution in [3.05, 3.63) is 64.7 Å². The van der Waals surface area contributed by atoms with E-state index in [1.54, 1.807) is 41.1 Å². The van der Waals surface area contributed by atoms with E-state index in [2.05, 4.69) is 10.4 Å². The zero-order valence-corrected chi connectivity index (χ0v) is 18.3. The molecule has 162 valence electrons.